The van der Waals surface area contributed by atoms with E-state index in [1.54, 1.807) is 0 Å². The molecular weight excluding hydrogens is 140 g/mol. The third kappa shape index (κ3) is 1.73. The van der Waals surface area contributed by atoms with E-state index in [4.69, 9.17) is 5.11 Å². The van der Waals surface area contributed by atoms with Crippen molar-refractivity contribution in [2.24, 2.45) is 5.73 Å². The van der Waals surface area contributed by atoms with Gasteiger partial charge in [0, 0.05) is 7.05 Å². The molecule has 0 rings (SSSR count). The summed E-state index contributed by atoms with van der Waals surface area (Å²) in [7, 11) is 0.985. The molecule has 56 valence electrons. The number of likely N-dealkylation sites (N-methyl/N-ethyl adjacent to an activating group) is 1. The van der Waals surface area contributed by atoms with Crippen LogP contribution in [-0.2, 0) is 9.59 Å². The van der Waals surface area contributed by atoms with E-state index >= 15 is 0 Å². The minimum Gasteiger partial charge on any atom is -0.474 e. The second-order valence-electron chi connectivity index (χ2n) is 1.51. The van der Waals surface area contributed by atoms with Crippen molar-refractivity contribution >= 4 is 17.9 Å². The largest absolute Gasteiger partial charge is 0.474 e. The van der Waals surface area contributed by atoms with Gasteiger partial charge in [-0.15, -0.1) is 0 Å². The molecule has 0 unspecified atom stereocenters. The highest BCUT2D eigenvalue weighted by Crippen LogP contribution is 1.82. The van der Waals surface area contributed by atoms with Crippen LogP contribution in [0.2, 0.25) is 0 Å². The van der Waals surface area contributed by atoms with Crippen LogP contribution in [0.5, 0.6) is 0 Å². The zero-order valence-corrected chi connectivity index (χ0v) is 5.20. The van der Waals surface area contributed by atoms with Crippen molar-refractivity contribution in [3.8, 4) is 0 Å². The van der Waals surface area contributed by atoms with Crippen molar-refractivity contribution in [3.63, 3.8) is 0 Å². The van der Waals surface area contributed by atoms with Crippen molar-refractivity contribution in [2.45, 2.75) is 0 Å². The number of carbonyl (C=O) groups excluding carboxylic acids is 2. The second kappa shape index (κ2) is 2.81. The smallest absolute Gasteiger partial charge is 0.395 e. The summed E-state index contributed by atoms with van der Waals surface area (Å²) in [5.74, 6) is -3.05. The Hall–Kier alpha value is -1.59. The number of rotatable bonds is 0. The zero-order valence-electron chi connectivity index (χ0n) is 5.20. The minimum absolute atomic E-state index is 0.308. The topological polar surface area (TPSA) is 101 Å². The Balaban J connectivity index is 4.22. The van der Waals surface area contributed by atoms with E-state index < -0.39 is 17.9 Å². The lowest BCUT2D eigenvalue weighted by Gasteiger charge is -2.06. The number of carbonyl (C=O) groups is 3. The highest BCUT2D eigenvalue weighted by molar-refractivity contribution is 6.34. The van der Waals surface area contributed by atoms with Crippen molar-refractivity contribution in [3.05, 3.63) is 0 Å². The van der Waals surface area contributed by atoms with Gasteiger partial charge in [-0.1, -0.05) is 0 Å². The molecule has 0 fully saturated rings. The van der Waals surface area contributed by atoms with Crippen LogP contribution in [0, 0.1) is 0 Å². The predicted molar refractivity (Wildman–Crippen MR) is 30.0 cm³/mol. The number of urea groups is 1. The second-order valence-corrected chi connectivity index (χ2v) is 1.51. The maximum absolute atomic E-state index is 10.3. The Bertz CT molecular complexity index is 188. The number of primary amides is 1. The van der Waals surface area contributed by atoms with Crippen molar-refractivity contribution in [2.75, 3.05) is 7.05 Å². The number of amides is 3. The molecule has 0 aromatic rings. The first-order valence-electron chi connectivity index (χ1n) is 2.27. The van der Waals surface area contributed by atoms with Gasteiger partial charge in [0.05, 0.1) is 0 Å². The summed E-state index contributed by atoms with van der Waals surface area (Å²) in [4.78, 5) is 30.6. The first kappa shape index (κ1) is 8.41. The number of imide groups is 1. The molecule has 0 atom stereocenters. The summed E-state index contributed by atoms with van der Waals surface area (Å²) >= 11 is 0. The average Bonchev–Trinajstić information content (AvgIpc) is 1.84. The normalized spacial score (nSPS) is 8.50. The van der Waals surface area contributed by atoms with Crippen LogP contribution in [0.1, 0.15) is 0 Å². The molecule has 0 spiro atoms. The van der Waals surface area contributed by atoms with E-state index in [1.165, 1.54) is 0 Å². The van der Waals surface area contributed by atoms with Crippen LogP contribution in [0.15, 0.2) is 0 Å². The minimum atomic E-state index is -1.71. The summed E-state index contributed by atoms with van der Waals surface area (Å²) < 4.78 is 0. The van der Waals surface area contributed by atoms with Gasteiger partial charge in [0.25, 0.3) is 0 Å². The van der Waals surface area contributed by atoms with Crippen molar-refractivity contribution in [1.82, 2.24) is 4.90 Å². The van der Waals surface area contributed by atoms with Gasteiger partial charge >= 0.3 is 17.9 Å². The molecular formula is C4H6N2O4. The number of nitrogens with two attached hydrogens (primary N) is 1. The van der Waals surface area contributed by atoms with Gasteiger partial charge in [0.1, 0.15) is 0 Å². The Morgan fingerprint density at radius 2 is 1.80 bits per heavy atom. The van der Waals surface area contributed by atoms with Crippen LogP contribution in [0.3, 0.4) is 0 Å². The summed E-state index contributed by atoms with van der Waals surface area (Å²) in [6.45, 7) is 0. The summed E-state index contributed by atoms with van der Waals surface area (Å²) in [6.07, 6.45) is 0. The maximum Gasteiger partial charge on any atom is 0.395 e. The molecule has 0 radical (unpaired) electrons. The van der Waals surface area contributed by atoms with Crippen LogP contribution < -0.4 is 5.73 Å². The monoisotopic (exact) mass is 146 g/mol. The van der Waals surface area contributed by atoms with Crippen LogP contribution >= 0.6 is 0 Å². The van der Waals surface area contributed by atoms with Gasteiger partial charge in [-0.05, 0) is 0 Å². The molecule has 10 heavy (non-hydrogen) atoms. The van der Waals surface area contributed by atoms with Gasteiger partial charge in [-0.25, -0.2) is 9.59 Å². The molecule has 0 aromatic carbocycles. The van der Waals surface area contributed by atoms with E-state index in [2.05, 4.69) is 5.73 Å². The standard InChI is InChI=1S/C4H6N2O4/c1-6(4(5)10)2(7)3(8)9/h1H3,(H2,5,10)(H,8,9). The molecule has 0 aliphatic rings. The maximum atomic E-state index is 10.3. The van der Waals surface area contributed by atoms with Gasteiger partial charge < -0.3 is 10.8 Å². The van der Waals surface area contributed by atoms with Gasteiger partial charge in [-0.2, -0.15) is 0 Å². The quantitative estimate of drug-likeness (QED) is 0.410. The molecule has 0 heterocycles. The van der Waals surface area contributed by atoms with E-state index in [9.17, 15) is 14.4 Å². The van der Waals surface area contributed by atoms with Crippen LogP contribution in [0.25, 0.3) is 0 Å². The number of hydrogen-bond acceptors (Lipinski definition) is 3. The van der Waals surface area contributed by atoms with Gasteiger partial charge in [-0.3, -0.25) is 9.69 Å². The number of hydrogen-bond donors (Lipinski definition) is 2. The van der Waals surface area contributed by atoms with Crippen molar-refractivity contribution in [1.29, 1.82) is 0 Å². The number of carboxylic acid groups (broad SMARTS) is 1. The molecule has 6 nitrogen and oxygen atoms in total. The first-order valence-corrected chi connectivity index (χ1v) is 2.27. The molecule has 0 saturated heterocycles. The molecule has 0 aliphatic heterocycles. The fourth-order valence-electron chi connectivity index (χ4n) is 0.244. The Labute approximate surface area is 56.2 Å². The number of aliphatic carboxylic acids is 1. The van der Waals surface area contributed by atoms with Gasteiger partial charge in [0.2, 0.25) is 0 Å². The fourth-order valence-corrected chi connectivity index (χ4v) is 0.244. The lowest BCUT2D eigenvalue weighted by atomic mass is 10.5. The first-order chi connectivity index (χ1) is 4.46. The third-order valence-corrected chi connectivity index (χ3v) is 0.818. The van der Waals surface area contributed by atoms with Gasteiger partial charge in [0.15, 0.2) is 0 Å². The molecule has 0 bridgehead atoms. The third-order valence-electron chi connectivity index (χ3n) is 0.818. The highest BCUT2D eigenvalue weighted by atomic mass is 16.4. The lowest BCUT2D eigenvalue weighted by molar-refractivity contribution is -0.153. The summed E-state index contributed by atoms with van der Waals surface area (Å²) in [6, 6.07) is -1.09. The Morgan fingerprint density at radius 3 is 1.90 bits per heavy atom. The molecule has 3 N–H and O–H groups in total. The van der Waals surface area contributed by atoms with E-state index in [0.29, 0.717) is 4.90 Å². The lowest BCUT2D eigenvalue weighted by Crippen LogP contribution is -2.41. The van der Waals surface area contributed by atoms with Crippen LogP contribution in [-0.4, -0.2) is 35.0 Å². The fraction of sp³-hybridized carbons (Fsp3) is 0.250. The SMILES string of the molecule is CN(C(N)=O)C(=O)C(=O)O. The molecule has 6 heteroatoms. The van der Waals surface area contributed by atoms with E-state index in [1.807, 2.05) is 0 Å². The number of carboxylic acids is 1. The average molecular weight is 146 g/mol. The zero-order chi connectivity index (χ0) is 8.31. The van der Waals surface area contributed by atoms with Crippen molar-refractivity contribution < 1.29 is 19.5 Å². The molecule has 0 saturated carbocycles. The summed E-state index contributed by atoms with van der Waals surface area (Å²) in [5, 5.41) is 8.00. The molecule has 0 aromatic heterocycles. The van der Waals surface area contributed by atoms with E-state index in [-0.39, 0.29) is 0 Å². The highest BCUT2D eigenvalue weighted by Gasteiger charge is 2.20. The number of nitrogens with zero attached hydrogens (tertiary/aromatic N) is 1. The molecule has 3 amide bonds. The predicted octanol–water partition coefficient (Wildman–Crippen LogP) is -1.39. The van der Waals surface area contributed by atoms with E-state index in [0.717, 1.165) is 7.05 Å². The Morgan fingerprint density at radius 1 is 1.40 bits per heavy atom. The molecule has 0 aliphatic carbocycles. The Kier molecular flexibility index (Phi) is 2.36. The summed E-state index contributed by atoms with van der Waals surface area (Å²) in [5.41, 5.74) is 4.58. The van der Waals surface area contributed by atoms with Crippen LogP contribution in [0.4, 0.5) is 4.79 Å².